The van der Waals surface area contributed by atoms with E-state index >= 15 is 0 Å². The normalized spacial score (nSPS) is 15.9. The van der Waals surface area contributed by atoms with E-state index in [-0.39, 0.29) is 18.5 Å². The van der Waals surface area contributed by atoms with Gasteiger partial charge in [0.05, 0.1) is 0 Å². The number of benzene rings is 2. The molecule has 5 rings (SSSR count). The predicted molar refractivity (Wildman–Crippen MR) is 109 cm³/mol. The van der Waals surface area contributed by atoms with E-state index in [0.717, 1.165) is 34.2 Å². The number of rotatable bonds is 3. The summed E-state index contributed by atoms with van der Waals surface area (Å²) in [5, 5.41) is 1.00. The summed E-state index contributed by atoms with van der Waals surface area (Å²) in [6.07, 6.45) is 8.12. The fourth-order valence-corrected chi connectivity index (χ4v) is 3.77. The molecule has 3 heterocycles. The van der Waals surface area contributed by atoms with Crippen LogP contribution in [0.4, 0.5) is 4.39 Å². The second kappa shape index (κ2) is 7.13. The Morgan fingerprint density at radius 1 is 1.14 bits per heavy atom. The summed E-state index contributed by atoms with van der Waals surface area (Å²) in [6, 6.07) is 10.4. The Balaban J connectivity index is 1.28. The average molecular weight is 390 g/mol. The molecule has 3 aromatic rings. The van der Waals surface area contributed by atoms with Crippen LogP contribution in [0.1, 0.15) is 17.5 Å². The van der Waals surface area contributed by atoms with Gasteiger partial charge in [-0.15, -0.1) is 0 Å². The number of carbonyl (C=O) groups is 1. The summed E-state index contributed by atoms with van der Waals surface area (Å²) < 4.78 is 24.1. The quantitative estimate of drug-likeness (QED) is 0.676. The summed E-state index contributed by atoms with van der Waals surface area (Å²) in [4.78, 5) is 17.5. The van der Waals surface area contributed by atoms with Gasteiger partial charge >= 0.3 is 0 Å². The largest absolute Gasteiger partial charge is 0.454 e. The predicted octanol–water partition coefficient (Wildman–Crippen LogP) is 4.36. The molecule has 0 saturated carbocycles. The highest BCUT2D eigenvalue weighted by atomic mass is 19.1. The molecule has 1 amide bonds. The van der Waals surface area contributed by atoms with E-state index in [1.807, 2.05) is 29.3 Å². The van der Waals surface area contributed by atoms with Gasteiger partial charge in [-0.05, 0) is 54.0 Å². The van der Waals surface area contributed by atoms with Crippen LogP contribution in [0.15, 0.2) is 54.7 Å². The molecule has 0 radical (unpaired) electrons. The molecule has 0 unspecified atom stereocenters. The minimum atomic E-state index is -0.255. The van der Waals surface area contributed by atoms with Crippen molar-refractivity contribution in [3.63, 3.8) is 0 Å². The third kappa shape index (κ3) is 3.38. The Morgan fingerprint density at radius 2 is 2.03 bits per heavy atom. The topological polar surface area (TPSA) is 54.6 Å². The van der Waals surface area contributed by atoms with Crippen LogP contribution in [0.5, 0.6) is 11.5 Å². The van der Waals surface area contributed by atoms with Crippen molar-refractivity contribution < 1.29 is 18.7 Å². The first kappa shape index (κ1) is 17.6. The number of ether oxygens (including phenoxy) is 2. The highest BCUT2D eigenvalue weighted by molar-refractivity contribution is 5.95. The molecule has 0 fully saturated rings. The molecule has 0 bridgehead atoms. The number of aromatic nitrogens is 1. The number of amides is 1. The van der Waals surface area contributed by atoms with Gasteiger partial charge in [0.1, 0.15) is 5.82 Å². The zero-order valence-corrected chi connectivity index (χ0v) is 15.7. The van der Waals surface area contributed by atoms with Crippen LogP contribution in [0.3, 0.4) is 0 Å². The molecule has 0 spiro atoms. The van der Waals surface area contributed by atoms with Gasteiger partial charge in [-0.25, -0.2) is 4.39 Å². The maximum absolute atomic E-state index is 13.4. The molecule has 2 aromatic carbocycles. The lowest BCUT2D eigenvalue weighted by Crippen LogP contribution is -2.33. The monoisotopic (exact) mass is 390 g/mol. The minimum Gasteiger partial charge on any atom is -0.454 e. The maximum atomic E-state index is 13.4. The summed E-state index contributed by atoms with van der Waals surface area (Å²) in [5.74, 6) is 1.14. The molecular weight excluding hydrogens is 371 g/mol. The number of H-pyrrole nitrogens is 1. The molecule has 29 heavy (non-hydrogen) atoms. The van der Waals surface area contributed by atoms with Gasteiger partial charge in [0.2, 0.25) is 12.7 Å². The van der Waals surface area contributed by atoms with Gasteiger partial charge in [-0.1, -0.05) is 12.1 Å². The van der Waals surface area contributed by atoms with Gasteiger partial charge in [-0.2, -0.15) is 0 Å². The first-order valence-corrected chi connectivity index (χ1v) is 9.50. The summed E-state index contributed by atoms with van der Waals surface area (Å²) in [6.45, 7) is 1.42. The Labute approximate surface area is 167 Å². The third-order valence-corrected chi connectivity index (χ3v) is 5.33. The van der Waals surface area contributed by atoms with Crippen molar-refractivity contribution in [3.8, 4) is 11.5 Å². The van der Waals surface area contributed by atoms with Crippen LogP contribution < -0.4 is 9.47 Å². The second-order valence-electron chi connectivity index (χ2n) is 7.10. The second-order valence-corrected chi connectivity index (χ2v) is 7.10. The van der Waals surface area contributed by atoms with Crippen LogP contribution in [-0.2, 0) is 4.79 Å². The molecule has 2 aliphatic rings. The molecule has 0 atom stereocenters. The number of aromatic amines is 1. The van der Waals surface area contributed by atoms with Gasteiger partial charge in [0.15, 0.2) is 11.5 Å². The zero-order valence-electron chi connectivity index (χ0n) is 15.7. The molecule has 5 nitrogen and oxygen atoms in total. The Morgan fingerprint density at radius 3 is 2.90 bits per heavy atom. The van der Waals surface area contributed by atoms with E-state index in [9.17, 15) is 9.18 Å². The molecule has 2 aliphatic heterocycles. The standard InChI is InChI=1S/C23H19FN2O3/c24-17-3-4-18-19(13-25-20(18)12-17)16-7-9-26(10-8-16)23(27)6-2-15-1-5-21-22(11-15)29-14-28-21/h1-7,11-13,25H,8-10,14H2/b6-2+. The minimum absolute atomic E-state index is 0.0287. The number of halogens is 1. The van der Waals surface area contributed by atoms with E-state index < -0.39 is 0 Å². The van der Waals surface area contributed by atoms with Gasteiger partial charge < -0.3 is 19.4 Å². The van der Waals surface area contributed by atoms with E-state index in [1.165, 1.54) is 17.7 Å². The molecule has 1 aromatic heterocycles. The highest BCUT2D eigenvalue weighted by Crippen LogP contribution is 2.33. The first-order valence-electron chi connectivity index (χ1n) is 9.50. The summed E-state index contributed by atoms with van der Waals surface area (Å²) in [7, 11) is 0. The summed E-state index contributed by atoms with van der Waals surface area (Å²) in [5.41, 5.74) is 3.92. The number of nitrogens with zero attached hydrogens (tertiary/aromatic N) is 1. The Bertz CT molecular complexity index is 1160. The first-order chi connectivity index (χ1) is 14.2. The van der Waals surface area contributed by atoms with Crippen molar-refractivity contribution in [2.75, 3.05) is 19.9 Å². The van der Waals surface area contributed by atoms with E-state index in [2.05, 4.69) is 11.1 Å². The fraction of sp³-hybridized carbons (Fsp3) is 0.174. The molecule has 146 valence electrons. The molecule has 6 heteroatoms. The number of hydrogen-bond donors (Lipinski definition) is 1. The van der Waals surface area contributed by atoms with Crippen LogP contribution in [0.2, 0.25) is 0 Å². The van der Waals surface area contributed by atoms with Crippen molar-refractivity contribution in [2.45, 2.75) is 6.42 Å². The molecule has 0 aliphatic carbocycles. The van der Waals surface area contributed by atoms with Crippen LogP contribution in [0, 0.1) is 5.82 Å². The zero-order chi connectivity index (χ0) is 19.8. The molecule has 1 N–H and O–H groups in total. The van der Waals surface area contributed by atoms with E-state index in [0.29, 0.717) is 18.8 Å². The van der Waals surface area contributed by atoms with Crippen molar-refractivity contribution in [2.24, 2.45) is 0 Å². The van der Waals surface area contributed by atoms with Crippen LogP contribution in [0.25, 0.3) is 22.6 Å². The fourth-order valence-electron chi connectivity index (χ4n) is 3.77. The van der Waals surface area contributed by atoms with Crippen molar-refractivity contribution in [3.05, 3.63) is 71.7 Å². The highest BCUT2D eigenvalue weighted by Gasteiger charge is 2.18. The Hall–Kier alpha value is -3.54. The number of hydrogen-bond acceptors (Lipinski definition) is 3. The lowest BCUT2D eigenvalue weighted by Gasteiger charge is -2.25. The average Bonchev–Trinajstić information content (AvgIpc) is 3.38. The number of carbonyl (C=O) groups excluding carboxylic acids is 1. The van der Waals surface area contributed by atoms with Gasteiger partial charge in [0, 0.05) is 41.8 Å². The van der Waals surface area contributed by atoms with Gasteiger partial charge in [-0.3, -0.25) is 4.79 Å². The van der Waals surface area contributed by atoms with E-state index in [4.69, 9.17) is 9.47 Å². The van der Waals surface area contributed by atoms with Crippen molar-refractivity contribution in [1.29, 1.82) is 0 Å². The number of nitrogens with one attached hydrogen (secondary N) is 1. The Kier molecular flexibility index (Phi) is 4.31. The third-order valence-electron chi connectivity index (χ3n) is 5.33. The van der Waals surface area contributed by atoms with Crippen molar-refractivity contribution in [1.82, 2.24) is 9.88 Å². The van der Waals surface area contributed by atoms with Crippen LogP contribution in [-0.4, -0.2) is 35.7 Å². The molecular formula is C23H19FN2O3. The number of fused-ring (bicyclic) bond motifs is 2. The molecule has 0 saturated heterocycles. The smallest absolute Gasteiger partial charge is 0.246 e. The SMILES string of the molecule is O=C(/C=C/c1ccc2c(c1)OCO2)N1CC=C(c2c[nH]c3cc(F)ccc23)CC1. The van der Waals surface area contributed by atoms with Crippen molar-refractivity contribution >= 4 is 28.5 Å². The summed E-state index contributed by atoms with van der Waals surface area (Å²) >= 11 is 0. The lowest BCUT2D eigenvalue weighted by molar-refractivity contribution is -0.125. The van der Waals surface area contributed by atoms with Crippen LogP contribution >= 0.6 is 0 Å². The lowest BCUT2D eigenvalue weighted by atomic mass is 9.99. The van der Waals surface area contributed by atoms with E-state index in [1.54, 1.807) is 18.2 Å². The van der Waals surface area contributed by atoms with Gasteiger partial charge in [0.25, 0.3) is 0 Å². The maximum Gasteiger partial charge on any atom is 0.246 e.